The third-order valence-corrected chi connectivity index (χ3v) is 7.26. The Morgan fingerprint density at radius 1 is 1.25 bits per heavy atom. The molecule has 4 aromatic rings. The van der Waals surface area contributed by atoms with E-state index in [4.69, 9.17) is 16.6 Å². The molecule has 0 saturated carbocycles. The monoisotopic (exact) mass is 469 g/mol. The molecule has 1 aliphatic rings. The predicted molar refractivity (Wildman–Crippen MR) is 122 cm³/mol. The van der Waals surface area contributed by atoms with Crippen LogP contribution in [0.5, 0.6) is 0 Å². The third-order valence-electron chi connectivity index (χ3n) is 6.02. The summed E-state index contributed by atoms with van der Waals surface area (Å²) in [4.78, 5) is 20.4. The Morgan fingerprint density at radius 2 is 2.03 bits per heavy atom. The summed E-state index contributed by atoms with van der Waals surface area (Å²) >= 11 is 6.13. The second-order valence-corrected chi connectivity index (χ2v) is 10.6. The first-order chi connectivity index (χ1) is 15.2. The lowest BCUT2D eigenvalue weighted by Gasteiger charge is -2.16. The molecule has 0 fully saturated rings. The van der Waals surface area contributed by atoms with E-state index < -0.39 is 15.8 Å². The minimum absolute atomic E-state index is 0.00214. The van der Waals surface area contributed by atoms with Crippen molar-refractivity contribution in [2.45, 2.75) is 36.8 Å². The maximum atomic E-state index is 12.5. The molecule has 0 spiro atoms. The summed E-state index contributed by atoms with van der Waals surface area (Å²) in [6.45, 7) is 0.304. The van der Waals surface area contributed by atoms with Crippen LogP contribution in [0.25, 0.3) is 21.8 Å². The molecule has 0 aliphatic heterocycles. The van der Waals surface area contributed by atoms with Crippen LogP contribution >= 0.6 is 11.6 Å². The van der Waals surface area contributed by atoms with Crippen LogP contribution in [0.4, 0.5) is 0 Å². The Bertz CT molecular complexity index is 1510. The van der Waals surface area contributed by atoms with Gasteiger partial charge in [-0.3, -0.25) is 9.78 Å². The van der Waals surface area contributed by atoms with Crippen molar-refractivity contribution in [1.82, 2.24) is 14.5 Å². The maximum absolute atomic E-state index is 12.5. The first kappa shape index (κ1) is 20.9. The lowest BCUT2D eigenvalue weighted by atomic mass is 10.0. The fourth-order valence-electron chi connectivity index (χ4n) is 4.77. The highest BCUT2D eigenvalue weighted by Gasteiger charge is 2.33. The van der Waals surface area contributed by atoms with E-state index in [0.29, 0.717) is 29.9 Å². The number of aliphatic carboxylic acids is 1. The lowest BCUT2D eigenvalue weighted by Crippen LogP contribution is -2.13. The van der Waals surface area contributed by atoms with E-state index in [9.17, 15) is 18.3 Å². The minimum Gasteiger partial charge on any atom is -0.481 e. The Labute approximate surface area is 189 Å². The van der Waals surface area contributed by atoms with Crippen molar-refractivity contribution in [3.05, 3.63) is 64.6 Å². The molecule has 164 valence electrons. The van der Waals surface area contributed by atoms with E-state index in [-0.39, 0.29) is 17.4 Å². The fraction of sp³-hybridized carbons (Fsp3) is 0.261. The number of aromatic nitrogens is 3. The average Bonchev–Trinajstić information content (AvgIpc) is 3.26. The quantitative estimate of drug-likeness (QED) is 0.470. The number of carbonyl (C=O) groups is 1. The van der Waals surface area contributed by atoms with E-state index in [0.717, 1.165) is 39.5 Å². The lowest BCUT2D eigenvalue weighted by molar-refractivity contribution is -0.137. The number of hydrogen-bond donors (Lipinski definition) is 1. The van der Waals surface area contributed by atoms with Gasteiger partial charge in [0.2, 0.25) is 0 Å². The van der Waals surface area contributed by atoms with Gasteiger partial charge in [0.05, 0.1) is 29.7 Å². The van der Waals surface area contributed by atoms with Gasteiger partial charge in [0, 0.05) is 39.9 Å². The standard InChI is InChI=1S/C23H20ClN3O4S/c1-32(30,31)23-22-18(8-9-25-23)17-7-4-14(10-20(28)29)21(17)27(22)12-16-6-3-13-2-5-15(24)11-19(13)26-16/h2-3,5-6,8-9,11,14H,4,7,10,12H2,1H3,(H,28,29). The van der Waals surface area contributed by atoms with Crippen LogP contribution in [-0.2, 0) is 27.6 Å². The third kappa shape index (κ3) is 3.53. The number of aryl methyl sites for hydroxylation is 1. The molecule has 3 heterocycles. The van der Waals surface area contributed by atoms with Gasteiger partial charge in [-0.1, -0.05) is 23.7 Å². The van der Waals surface area contributed by atoms with Crippen molar-refractivity contribution in [2.75, 3.05) is 6.26 Å². The molecule has 0 radical (unpaired) electrons. The zero-order valence-electron chi connectivity index (χ0n) is 17.2. The number of carboxylic acid groups (broad SMARTS) is 1. The van der Waals surface area contributed by atoms with Gasteiger partial charge in [0.1, 0.15) is 0 Å². The van der Waals surface area contributed by atoms with Gasteiger partial charge in [0.25, 0.3) is 0 Å². The Hall–Kier alpha value is -2.97. The maximum Gasteiger partial charge on any atom is 0.304 e. The van der Waals surface area contributed by atoms with Gasteiger partial charge in [-0.25, -0.2) is 13.4 Å². The largest absolute Gasteiger partial charge is 0.481 e. The fourth-order valence-corrected chi connectivity index (χ4v) is 5.76. The minimum atomic E-state index is -3.60. The Balaban J connectivity index is 1.75. The van der Waals surface area contributed by atoms with Crippen molar-refractivity contribution in [2.24, 2.45) is 0 Å². The molecule has 5 rings (SSSR count). The van der Waals surface area contributed by atoms with Gasteiger partial charge < -0.3 is 9.67 Å². The summed E-state index contributed by atoms with van der Waals surface area (Å²) < 4.78 is 27.0. The number of rotatable bonds is 5. The second-order valence-electron chi connectivity index (χ2n) is 8.21. The van der Waals surface area contributed by atoms with Crippen molar-refractivity contribution in [1.29, 1.82) is 0 Å². The smallest absolute Gasteiger partial charge is 0.304 e. The molecule has 3 aromatic heterocycles. The first-order valence-electron chi connectivity index (χ1n) is 10.2. The number of nitrogens with zero attached hydrogens (tertiary/aromatic N) is 3. The van der Waals surface area contributed by atoms with E-state index in [1.54, 1.807) is 12.1 Å². The number of pyridine rings is 2. The molecule has 1 unspecified atom stereocenters. The van der Waals surface area contributed by atoms with E-state index in [2.05, 4.69) is 4.98 Å². The number of benzene rings is 1. The van der Waals surface area contributed by atoms with Crippen LogP contribution in [0.3, 0.4) is 0 Å². The SMILES string of the molecule is CS(=O)(=O)c1nccc2c3c(n(Cc4ccc5ccc(Cl)cc5n4)c12)C(CC(=O)O)CC3. The van der Waals surface area contributed by atoms with Crippen LogP contribution < -0.4 is 0 Å². The van der Waals surface area contributed by atoms with Crippen molar-refractivity contribution >= 4 is 49.2 Å². The van der Waals surface area contributed by atoms with Crippen molar-refractivity contribution in [3.63, 3.8) is 0 Å². The van der Waals surface area contributed by atoms with Gasteiger partial charge in [0.15, 0.2) is 14.9 Å². The molecule has 0 saturated heterocycles. The molecule has 1 N–H and O–H groups in total. The number of halogens is 1. The summed E-state index contributed by atoms with van der Waals surface area (Å²) in [6, 6.07) is 11.1. The highest BCUT2D eigenvalue weighted by Crippen LogP contribution is 2.43. The molecule has 7 nitrogen and oxygen atoms in total. The molecule has 0 bridgehead atoms. The predicted octanol–water partition coefficient (Wildman–Crippen LogP) is 4.19. The van der Waals surface area contributed by atoms with Crippen LogP contribution in [0.15, 0.2) is 47.6 Å². The van der Waals surface area contributed by atoms with Gasteiger partial charge in [-0.2, -0.15) is 0 Å². The molecule has 1 aromatic carbocycles. The van der Waals surface area contributed by atoms with Crippen LogP contribution in [0.2, 0.25) is 5.02 Å². The molecule has 1 aliphatic carbocycles. The molecule has 1 atom stereocenters. The highest BCUT2D eigenvalue weighted by atomic mass is 35.5. The summed E-state index contributed by atoms with van der Waals surface area (Å²) in [6.07, 6.45) is 4.05. The normalized spacial score (nSPS) is 16.0. The Morgan fingerprint density at radius 3 is 2.78 bits per heavy atom. The molecular weight excluding hydrogens is 450 g/mol. The molecule has 0 amide bonds. The van der Waals surface area contributed by atoms with E-state index in [1.165, 1.54) is 6.20 Å². The zero-order chi connectivity index (χ0) is 22.6. The van der Waals surface area contributed by atoms with Crippen molar-refractivity contribution in [3.8, 4) is 0 Å². The van der Waals surface area contributed by atoms with Gasteiger partial charge in [-0.05, 0) is 42.7 Å². The highest BCUT2D eigenvalue weighted by molar-refractivity contribution is 7.90. The second kappa shape index (κ2) is 7.56. The summed E-state index contributed by atoms with van der Waals surface area (Å²) in [5.41, 5.74) is 3.86. The Kier molecular flexibility index (Phi) is 4.94. The summed E-state index contributed by atoms with van der Waals surface area (Å²) in [7, 11) is -3.60. The number of carboxylic acids is 1. The zero-order valence-corrected chi connectivity index (χ0v) is 18.8. The summed E-state index contributed by atoms with van der Waals surface area (Å²) in [5, 5.41) is 11.8. The topological polar surface area (TPSA) is 102 Å². The molecular formula is C23H20ClN3O4S. The summed E-state index contributed by atoms with van der Waals surface area (Å²) in [5.74, 6) is -1.07. The van der Waals surface area contributed by atoms with Crippen LogP contribution in [-0.4, -0.2) is 40.3 Å². The van der Waals surface area contributed by atoms with E-state index >= 15 is 0 Å². The number of fused-ring (bicyclic) bond motifs is 4. The number of sulfone groups is 1. The molecule has 9 heteroatoms. The average molecular weight is 470 g/mol. The van der Waals surface area contributed by atoms with Gasteiger partial charge in [-0.15, -0.1) is 0 Å². The van der Waals surface area contributed by atoms with Gasteiger partial charge >= 0.3 is 5.97 Å². The first-order valence-corrected chi connectivity index (χ1v) is 12.5. The molecule has 32 heavy (non-hydrogen) atoms. The van der Waals surface area contributed by atoms with E-state index in [1.807, 2.05) is 28.8 Å². The number of hydrogen-bond acceptors (Lipinski definition) is 5. The van der Waals surface area contributed by atoms with Crippen LogP contribution in [0.1, 0.15) is 35.7 Å². The van der Waals surface area contributed by atoms with Crippen molar-refractivity contribution < 1.29 is 18.3 Å². The van der Waals surface area contributed by atoms with Crippen LogP contribution in [0, 0.1) is 0 Å².